The van der Waals surface area contributed by atoms with E-state index in [9.17, 15) is 22.8 Å². The Morgan fingerprint density at radius 3 is 2.52 bits per heavy atom. The van der Waals surface area contributed by atoms with Gasteiger partial charge in [-0.2, -0.15) is 0 Å². The number of nitrogens with zero attached hydrogens (tertiary/aromatic N) is 1. The third-order valence-electron chi connectivity index (χ3n) is 4.44. The second kappa shape index (κ2) is 7.50. The summed E-state index contributed by atoms with van der Waals surface area (Å²) >= 11 is 0. The number of carboxylic acid groups (broad SMARTS) is 1. The number of carbonyl (C=O) groups is 2. The molecule has 0 spiro atoms. The fraction of sp³-hybridized carbons (Fsp3) is 0.200. The average Bonchev–Trinajstić information content (AvgIpc) is 2.99. The Hall–Kier alpha value is -3.49. The van der Waals surface area contributed by atoms with Crippen LogP contribution < -0.4 is 10.5 Å². The number of ether oxygens (including phenoxy) is 1. The number of carbonyl (C=O) groups excluding carboxylic acids is 1. The summed E-state index contributed by atoms with van der Waals surface area (Å²) in [6.07, 6.45) is -4.95. The summed E-state index contributed by atoms with van der Waals surface area (Å²) in [7, 11) is 0. The Morgan fingerprint density at radius 1 is 1.17 bits per heavy atom. The van der Waals surface area contributed by atoms with Gasteiger partial charge in [-0.1, -0.05) is 19.1 Å². The minimum absolute atomic E-state index is 0.0761. The molecule has 2 aromatic carbocycles. The fourth-order valence-corrected chi connectivity index (χ4v) is 3.19. The summed E-state index contributed by atoms with van der Waals surface area (Å²) in [5.74, 6) is -2.46. The first kappa shape index (κ1) is 20.2. The monoisotopic (exact) mass is 406 g/mol. The van der Waals surface area contributed by atoms with E-state index in [1.165, 1.54) is 22.8 Å². The molecule has 6 nitrogen and oxygen atoms in total. The number of rotatable bonds is 6. The van der Waals surface area contributed by atoms with Crippen LogP contribution in [-0.4, -0.2) is 27.9 Å². The minimum Gasteiger partial charge on any atom is -0.481 e. The second-order valence-electron chi connectivity index (χ2n) is 6.59. The van der Waals surface area contributed by atoms with Gasteiger partial charge >= 0.3 is 12.3 Å². The van der Waals surface area contributed by atoms with E-state index in [4.69, 9.17) is 10.8 Å². The van der Waals surface area contributed by atoms with Gasteiger partial charge in [-0.3, -0.25) is 9.59 Å². The molecule has 0 saturated carbocycles. The van der Waals surface area contributed by atoms with Crippen LogP contribution in [0.4, 0.5) is 13.2 Å². The van der Waals surface area contributed by atoms with E-state index in [1.54, 1.807) is 31.2 Å². The van der Waals surface area contributed by atoms with Crippen molar-refractivity contribution in [1.29, 1.82) is 0 Å². The van der Waals surface area contributed by atoms with E-state index in [0.717, 1.165) is 6.07 Å². The van der Waals surface area contributed by atoms with E-state index in [0.29, 0.717) is 22.2 Å². The zero-order chi connectivity index (χ0) is 21.3. The molecule has 9 heteroatoms. The van der Waals surface area contributed by atoms with Crippen LogP contribution >= 0.6 is 0 Å². The Bertz CT molecular complexity index is 1090. The lowest BCUT2D eigenvalue weighted by atomic mass is 9.97. The number of halogens is 3. The van der Waals surface area contributed by atoms with Crippen LogP contribution in [0.5, 0.6) is 5.75 Å². The fourth-order valence-electron chi connectivity index (χ4n) is 3.19. The molecular formula is C20H17F3N2O4. The van der Waals surface area contributed by atoms with E-state index >= 15 is 0 Å². The van der Waals surface area contributed by atoms with Crippen LogP contribution in [0.2, 0.25) is 0 Å². The summed E-state index contributed by atoms with van der Waals surface area (Å²) in [6, 6.07) is 11.9. The van der Waals surface area contributed by atoms with Gasteiger partial charge in [0.25, 0.3) is 5.91 Å². The van der Waals surface area contributed by atoms with E-state index in [1.807, 2.05) is 0 Å². The minimum atomic E-state index is -4.86. The topological polar surface area (TPSA) is 94.5 Å². The number of carboxylic acids is 1. The highest BCUT2D eigenvalue weighted by molar-refractivity contribution is 5.99. The van der Waals surface area contributed by atoms with Crippen LogP contribution in [0.3, 0.4) is 0 Å². The summed E-state index contributed by atoms with van der Waals surface area (Å²) in [4.78, 5) is 22.9. The standard InChI is InChI=1S/C20H17F3N2O4/c1-11(7-18(26)27)12-3-2-4-14(8-12)25-16-10-15(29-20(21,22)23)6-5-13(16)9-17(25)19(24)28/h2-6,8-11H,7H2,1H3,(H2,24,28)(H,26,27)/t11-/m0/s1. The van der Waals surface area contributed by atoms with Gasteiger partial charge in [-0.25, -0.2) is 0 Å². The smallest absolute Gasteiger partial charge is 0.481 e. The average molecular weight is 406 g/mol. The van der Waals surface area contributed by atoms with Crippen molar-refractivity contribution in [2.45, 2.75) is 25.6 Å². The third-order valence-corrected chi connectivity index (χ3v) is 4.44. The highest BCUT2D eigenvalue weighted by Crippen LogP contribution is 2.31. The van der Waals surface area contributed by atoms with Crippen molar-refractivity contribution < 1.29 is 32.6 Å². The lowest BCUT2D eigenvalue weighted by Crippen LogP contribution is -2.17. The van der Waals surface area contributed by atoms with E-state index in [-0.39, 0.29) is 18.0 Å². The van der Waals surface area contributed by atoms with Crippen molar-refractivity contribution in [3.8, 4) is 11.4 Å². The number of alkyl halides is 3. The largest absolute Gasteiger partial charge is 0.573 e. The summed E-state index contributed by atoms with van der Waals surface area (Å²) in [5, 5.41) is 9.51. The van der Waals surface area contributed by atoms with Gasteiger partial charge in [0, 0.05) is 17.1 Å². The van der Waals surface area contributed by atoms with Crippen LogP contribution in [-0.2, 0) is 4.79 Å². The molecule has 0 aliphatic heterocycles. The van der Waals surface area contributed by atoms with Crippen molar-refractivity contribution in [1.82, 2.24) is 4.57 Å². The number of amides is 1. The van der Waals surface area contributed by atoms with Crippen LogP contribution in [0.25, 0.3) is 16.6 Å². The predicted octanol–water partition coefficient (Wildman–Crippen LogP) is 4.21. The van der Waals surface area contributed by atoms with E-state index < -0.39 is 24.0 Å². The molecule has 0 aliphatic rings. The van der Waals surface area contributed by atoms with E-state index in [2.05, 4.69) is 4.74 Å². The number of fused-ring (bicyclic) bond motifs is 1. The summed E-state index contributed by atoms with van der Waals surface area (Å²) in [6.45, 7) is 1.74. The Balaban J connectivity index is 2.16. The number of nitrogens with two attached hydrogens (primary N) is 1. The third kappa shape index (κ3) is 4.50. The molecule has 1 amide bonds. The van der Waals surface area contributed by atoms with Crippen molar-refractivity contribution in [3.05, 3.63) is 59.8 Å². The van der Waals surface area contributed by atoms with Gasteiger partial charge in [0.2, 0.25) is 0 Å². The highest BCUT2D eigenvalue weighted by atomic mass is 19.4. The van der Waals surface area contributed by atoms with Crippen molar-refractivity contribution in [3.63, 3.8) is 0 Å². The first-order valence-corrected chi connectivity index (χ1v) is 8.58. The van der Waals surface area contributed by atoms with Gasteiger partial charge in [0.15, 0.2) is 0 Å². The van der Waals surface area contributed by atoms with Crippen LogP contribution in [0.15, 0.2) is 48.5 Å². The first-order valence-electron chi connectivity index (χ1n) is 8.58. The zero-order valence-electron chi connectivity index (χ0n) is 15.2. The van der Waals surface area contributed by atoms with Crippen molar-refractivity contribution in [2.75, 3.05) is 0 Å². The molecule has 0 fully saturated rings. The molecule has 0 radical (unpaired) electrons. The predicted molar refractivity (Wildman–Crippen MR) is 99.1 cm³/mol. The summed E-state index contributed by atoms with van der Waals surface area (Å²) in [5.41, 5.74) is 7.01. The van der Waals surface area contributed by atoms with Gasteiger partial charge in [0.1, 0.15) is 11.4 Å². The molecule has 152 valence electrons. The van der Waals surface area contributed by atoms with Crippen LogP contribution in [0, 0.1) is 0 Å². The molecule has 0 aliphatic carbocycles. The SMILES string of the molecule is C[C@@H](CC(=O)O)c1cccc(-n2c(C(N)=O)cc3ccc(OC(F)(F)F)cc32)c1. The molecule has 1 atom stereocenters. The summed E-state index contributed by atoms with van der Waals surface area (Å²) < 4.78 is 43.2. The number of primary amides is 1. The number of aliphatic carboxylic acids is 1. The molecule has 0 unspecified atom stereocenters. The normalized spacial score (nSPS) is 12.7. The maximum absolute atomic E-state index is 12.6. The molecule has 1 aromatic heterocycles. The van der Waals surface area contributed by atoms with Gasteiger partial charge in [0.05, 0.1) is 11.9 Å². The molecule has 3 aromatic rings. The highest BCUT2D eigenvalue weighted by Gasteiger charge is 2.31. The lowest BCUT2D eigenvalue weighted by Gasteiger charge is -2.14. The molecule has 29 heavy (non-hydrogen) atoms. The van der Waals surface area contributed by atoms with Gasteiger partial charge in [-0.05, 0) is 41.8 Å². The molecular weight excluding hydrogens is 389 g/mol. The number of hydrogen-bond donors (Lipinski definition) is 2. The van der Waals surface area contributed by atoms with Gasteiger partial charge in [-0.15, -0.1) is 13.2 Å². The Labute approximate surface area is 163 Å². The van der Waals surface area contributed by atoms with Crippen molar-refractivity contribution in [2.24, 2.45) is 5.73 Å². The Morgan fingerprint density at radius 2 is 1.90 bits per heavy atom. The lowest BCUT2D eigenvalue weighted by molar-refractivity contribution is -0.274. The number of aromatic nitrogens is 1. The molecule has 0 saturated heterocycles. The molecule has 3 N–H and O–H groups in total. The Kier molecular flexibility index (Phi) is 5.23. The van der Waals surface area contributed by atoms with Crippen molar-refractivity contribution >= 4 is 22.8 Å². The number of benzene rings is 2. The van der Waals surface area contributed by atoms with Gasteiger partial charge < -0.3 is 20.1 Å². The maximum Gasteiger partial charge on any atom is 0.573 e. The first-order chi connectivity index (χ1) is 13.5. The molecule has 0 bridgehead atoms. The molecule has 1 heterocycles. The zero-order valence-corrected chi connectivity index (χ0v) is 15.2. The maximum atomic E-state index is 12.6. The van der Waals surface area contributed by atoms with Crippen LogP contribution in [0.1, 0.15) is 35.3 Å². The number of hydrogen-bond acceptors (Lipinski definition) is 3. The second-order valence-corrected chi connectivity index (χ2v) is 6.59. The molecule has 3 rings (SSSR count). The quantitative estimate of drug-likeness (QED) is 0.641.